The minimum atomic E-state index is 0. The molecule has 1 heterocycles. The number of halogens is 3. The van der Waals surface area contributed by atoms with Crippen molar-refractivity contribution in [1.82, 2.24) is 4.68 Å². The SMILES string of the molecule is Cn1c(-c2ccccc2)cc(-c2ccccc2)[n+]1C.I.I.I. The van der Waals surface area contributed by atoms with Gasteiger partial charge in [-0.2, -0.15) is 4.68 Å². The smallest absolute Gasteiger partial charge is 0.156 e. The maximum Gasteiger partial charge on any atom is 0.238 e. The summed E-state index contributed by atoms with van der Waals surface area (Å²) in [4.78, 5) is 0. The van der Waals surface area contributed by atoms with E-state index in [0.717, 1.165) is 0 Å². The van der Waals surface area contributed by atoms with Crippen LogP contribution in [0.3, 0.4) is 0 Å². The van der Waals surface area contributed by atoms with Crippen LogP contribution in [-0.4, -0.2) is 4.68 Å². The van der Waals surface area contributed by atoms with Crippen molar-refractivity contribution in [3.05, 3.63) is 66.7 Å². The lowest BCUT2D eigenvalue weighted by molar-refractivity contribution is -0.740. The minimum absolute atomic E-state index is 0. The summed E-state index contributed by atoms with van der Waals surface area (Å²) in [7, 11) is 4.18. The molecule has 0 radical (unpaired) electrons. The summed E-state index contributed by atoms with van der Waals surface area (Å²) in [6.45, 7) is 0. The fraction of sp³-hybridized carbons (Fsp3) is 0.118. The Morgan fingerprint density at radius 1 is 0.727 bits per heavy atom. The van der Waals surface area contributed by atoms with Crippen LogP contribution in [0.25, 0.3) is 22.5 Å². The second kappa shape index (κ2) is 9.86. The van der Waals surface area contributed by atoms with Gasteiger partial charge in [-0.3, -0.25) is 0 Å². The number of hydrogen-bond acceptors (Lipinski definition) is 0. The van der Waals surface area contributed by atoms with E-state index in [1.165, 1.54) is 22.5 Å². The number of rotatable bonds is 2. The van der Waals surface area contributed by atoms with Gasteiger partial charge in [-0.25, -0.2) is 0 Å². The first kappa shape index (κ1) is 21.8. The molecule has 0 spiro atoms. The first-order chi connectivity index (χ1) is 9.27. The average molecular weight is 633 g/mol. The van der Waals surface area contributed by atoms with Crippen molar-refractivity contribution in [2.24, 2.45) is 14.1 Å². The van der Waals surface area contributed by atoms with Crippen LogP contribution in [0.4, 0.5) is 0 Å². The fourth-order valence-corrected chi connectivity index (χ4v) is 2.40. The molecule has 0 aliphatic rings. The van der Waals surface area contributed by atoms with Gasteiger partial charge in [0.25, 0.3) is 0 Å². The molecule has 2 nitrogen and oxygen atoms in total. The third-order valence-electron chi connectivity index (χ3n) is 3.56. The van der Waals surface area contributed by atoms with E-state index in [4.69, 9.17) is 0 Å². The van der Waals surface area contributed by atoms with E-state index in [-0.39, 0.29) is 71.9 Å². The Bertz CT molecular complexity index is 635. The zero-order valence-electron chi connectivity index (χ0n) is 12.5. The molecule has 118 valence electrons. The highest BCUT2D eigenvalue weighted by atomic mass is 127. The molecule has 5 heteroatoms. The van der Waals surface area contributed by atoms with Crippen LogP contribution in [-0.2, 0) is 14.1 Å². The first-order valence-electron chi connectivity index (χ1n) is 6.44. The van der Waals surface area contributed by atoms with Crippen molar-refractivity contribution in [3.63, 3.8) is 0 Å². The average Bonchev–Trinajstić information content (AvgIpc) is 2.77. The van der Waals surface area contributed by atoms with Crippen LogP contribution < -0.4 is 4.68 Å². The number of nitrogens with zero attached hydrogens (tertiary/aromatic N) is 2. The lowest BCUT2D eigenvalue weighted by Crippen LogP contribution is -2.39. The summed E-state index contributed by atoms with van der Waals surface area (Å²) in [5.41, 5.74) is 4.93. The van der Waals surface area contributed by atoms with Crippen molar-refractivity contribution in [3.8, 4) is 22.5 Å². The Kier molecular flexibility index (Phi) is 9.79. The highest BCUT2D eigenvalue weighted by Gasteiger charge is 2.19. The minimum Gasteiger partial charge on any atom is -0.156 e. The Balaban J connectivity index is 0.00000147. The summed E-state index contributed by atoms with van der Waals surface area (Å²) in [5, 5.41) is 0. The molecule has 0 aliphatic carbocycles. The predicted octanol–water partition coefficient (Wildman–Crippen LogP) is 5.04. The molecule has 0 saturated carbocycles. The van der Waals surface area contributed by atoms with Crippen molar-refractivity contribution in [2.75, 3.05) is 0 Å². The summed E-state index contributed by atoms with van der Waals surface area (Å²) in [5.74, 6) is 0. The standard InChI is InChI=1S/C17H17N2.3HI/c1-18-16(14-9-5-3-6-10-14)13-17(19(18)2)15-11-7-4-8-12-15;;;/h3-13H,1-2H3;3*1H/q+1;;;. The van der Waals surface area contributed by atoms with Gasteiger partial charge in [-0.05, 0) is 12.1 Å². The van der Waals surface area contributed by atoms with Crippen molar-refractivity contribution >= 4 is 71.9 Å². The third kappa shape index (κ3) is 4.44. The maximum absolute atomic E-state index is 2.24. The molecule has 3 rings (SSSR count). The van der Waals surface area contributed by atoms with E-state index in [9.17, 15) is 0 Å². The van der Waals surface area contributed by atoms with Gasteiger partial charge in [0.05, 0.1) is 7.05 Å². The van der Waals surface area contributed by atoms with Gasteiger partial charge >= 0.3 is 0 Å². The van der Waals surface area contributed by atoms with Crippen LogP contribution in [0.15, 0.2) is 66.7 Å². The Labute approximate surface area is 183 Å². The molecule has 0 amide bonds. The molecular formula is C17H20I3N2+. The van der Waals surface area contributed by atoms with Crippen LogP contribution in [0.1, 0.15) is 0 Å². The highest BCUT2D eigenvalue weighted by molar-refractivity contribution is 14.0. The van der Waals surface area contributed by atoms with Gasteiger partial charge in [-0.15, -0.1) is 76.6 Å². The van der Waals surface area contributed by atoms with E-state index >= 15 is 0 Å². The quantitative estimate of drug-likeness (QED) is 0.277. The molecule has 0 bridgehead atoms. The molecule has 0 aliphatic heterocycles. The third-order valence-corrected chi connectivity index (χ3v) is 3.56. The molecular weight excluding hydrogens is 613 g/mol. The Hall–Kier alpha value is -0.160. The predicted molar refractivity (Wildman–Crippen MR) is 124 cm³/mol. The second-order valence-corrected chi connectivity index (χ2v) is 4.69. The normalized spacial score (nSPS) is 9.18. The summed E-state index contributed by atoms with van der Waals surface area (Å²) in [6.07, 6.45) is 0. The largest absolute Gasteiger partial charge is 0.238 e. The van der Waals surface area contributed by atoms with Crippen molar-refractivity contribution < 1.29 is 4.68 Å². The Morgan fingerprint density at radius 2 is 1.18 bits per heavy atom. The van der Waals surface area contributed by atoms with Gasteiger partial charge in [0.2, 0.25) is 5.69 Å². The molecule has 0 saturated heterocycles. The van der Waals surface area contributed by atoms with Crippen LogP contribution in [0.5, 0.6) is 0 Å². The topological polar surface area (TPSA) is 8.81 Å². The summed E-state index contributed by atoms with van der Waals surface area (Å²) in [6, 6.07) is 23.2. The Morgan fingerprint density at radius 3 is 1.68 bits per heavy atom. The van der Waals surface area contributed by atoms with E-state index in [2.05, 4.69) is 78.1 Å². The fourth-order valence-electron chi connectivity index (χ4n) is 2.40. The van der Waals surface area contributed by atoms with Crippen LogP contribution in [0, 0.1) is 0 Å². The van der Waals surface area contributed by atoms with E-state index in [1.807, 2.05) is 12.1 Å². The molecule has 0 N–H and O–H groups in total. The zero-order valence-corrected chi connectivity index (χ0v) is 19.5. The molecule has 0 fully saturated rings. The monoisotopic (exact) mass is 633 g/mol. The molecule has 2 aromatic carbocycles. The van der Waals surface area contributed by atoms with Crippen LogP contribution >= 0.6 is 71.9 Å². The van der Waals surface area contributed by atoms with E-state index < -0.39 is 0 Å². The van der Waals surface area contributed by atoms with Crippen molar-refractivity contribution in [1.29, 1.82) is 0 Å². The zero-order chi connectivity index (χ0) is 13.2. The summed E-state index contributed by atoms with van der Waals surface area (Å²) < 4.78 is 4.36. The number of benzene rings is 2. The number of hydrogen-bond donors (Lipinski definition) is 0. The molecule has 3 aromatic rings. The van der Waals surface area contributed by atoms with Gasteiger partial charge in [0.15, 0.2) is 7.05 Å². The van der Waals surface area contributed by atoms with Gasteiger partial charge in [0.1, 0.15) is 5.69 Å². The maximum atomic E-state index is 2.24. The molecule has 22 heavy (non-hydrogen) atoms. The second-order valence-electron chi connectivity index (χ2n) is 4.69. The summed E-state index contributed by atoms with van der Waals surface area (Å²) >= 11 is 0. The van der Waals surface area contributed by atoms with Crippen molar-refractivity contribution in [2.45, 2.75) is 0 Å². The lowest BCUT2D eigenvalue weighted by Gasteiger charge is -1.99. The van der Waals surface area contributed by atoms with Gasteiger partial charge in [-0.1, -0.05) is 48.5 Å². The van der Waals surface area contributed by atoms with E-state index in [1.54, 1.807) is 0 Å². The highest BCUT2D eigenvalue weighted by Crippen LogP contribution is 2.23. The molecule has 1 aromatic heterocycles. The van der Waals surface area contributed by atoms with Gasteiger partial charge in [0, 0.05) is 17.2 Å². The van der Waals surface area contributed by atoms with Crippen LogP contribution in [0.2, 0.25) is 0 Å². The molecule has 0 unspecified atom stereocenters. The van der Waals surface area contributed by atoms with Gasteiger partial charge < -0.3 is 0 Å². The lowest BCUT2D eigenvalue weighted by atomic mass is 10.1. The first-order valence-corrected chi connectivity index (χ1v) is 6.44. The number of aromatic nitrogens is 2. The van der Waals surface area contributed by atoms with E-state index in [0.29, 0.717) is 0 Å². The molecule has 0 atom stereocenters.